The van der Waals surface area contributed by atoms with Crippen LogP contribution in [-0.2, 0) is 16.0 Å². The molecule has 0 aliphatic heterocycles. The summed E-state index contributed by atoms with van der Waals surface area (Å²) in [6, 6.07) is 9.23. The van der Waals surface area contributed by atoms with E-state index in [4.69, 9.17) is 9.47 Å². The summed E-state index contributed by atoms with van der Waals surface area (Å²) in [5.41, 5.74) is 1.32. The normalized spacial score (nSPS) is 10.0. The van der Waals surface area contributed by atoms with Gasteiger partial charge in [0.15, 0.2) is 18.1 Å². The lowest BCUT2D eigenvalue weighted by Gasteiger charge is -2.13. The highest BCUT2D eigenvalue weighted by molar-refractivity contribution is 5.94. The number of anilines is 2. The predicted molar refractivity (Wildman–Crippen MR) is 102 cm³/mol. The van der Waals surface area contributed by atoms with E-state index >= 15 is 0 Å². The number of hydrogen-bond donors (Lipinski definition) is 2. The van der Waals surface area contributed by atoms with Crippen molar-refractivity contribution in [1.82, 2.24) is 0 Å². The molecule has 0 heterocycles. The number of amides is 2. The summed E-state index contributed by atoms with van der Waals surface area (Å²) in [6.45, 7) is 4.69. The quantitative estimate of drug-likeness (QED) is 0.695. The van der Waals surface area contributed by atoms with Gasteiger partial charge < -0.3 is 20.1 Å². The summed E-state index contributed by atoms with van der Waals surface area (Å²) in [5.74, 6) is -0.585. The van der Waals surface area contributed by atoms with E-state index in [2.05, 4.69) is 17.2 Å². The number of ether oxygens (including phenoxy) is 2. The molecule has 2 aromatic rings. The Balaban J connectivity index is 2.02. The lowest BCUT2D eigenvalue weighted by atomic mass is 10.1. The Morgan fingerprint density at radius 3 is 2.59 bits per heavy atom. The molecule has 0 aliphatic carbocycles. The predicted octanol–water partition coefficient (Wildman–Crippen LogP) is 3.54. The largest absolute Gasteiger partial charge is 0.493 e. The molecule has 0 aromatic heterocycles. The summed E-state index contributed by atoms with van der Waals surface area (Å²) in [5, 5.41) is 4.94. The molecular weight excluding hydrogens is 351 g/mol. The summed E-state index contributed by atoms with van der Waals surface area (Å²) >= 11 is 0. The first-order chi connectivity index (χ1) is 12.9. The molecule has 0 bridgehead atoms. The SMILES string of the molecule is C=CCc1ccc(OCC(=O)Nc2cc(NC(C)=O)ccc2F)c(OC)c1. The van der Waals surface area contributed by atoms with Crippen molar-refractivity contribution < 1.29 is 23.5 Å². The van der Waals surface area contributed by atoms with Gasteiger partial charge in [0.05, 0.1) is 12.8 Å². The summed E-state index contributed by atoms with van der Waals surface area (Å²) in [7, 11) is 1.50. The molecule has 142 valence electrons. The minimum absolute atomic E-state index is 0.0526. The van der Waals surface area contributed by atoms with Crippen LogP contribution in [0.25, 0.3) is 0 Å². The van der Waals surface area contributed by atoms with Crippen LogP contribution in [-0.4, -0.2) is 25.5 Å². The van der Waals surface area contributed by atoms with Gasteiger partial charge in [-0.1, -0.05) is 12.1 Å². The Bertz CT molecular complexity index is 852. The Morgan fingerprint density at radius 2 is 1.93 bits per heavy atom. The fourth-order valence-corrected chi connectivity index (χ4v) is 2.36. The third-order valence-electron chi connectivity index (χ3n) is 3.53. The van der Waals surface area contributed by atoms with E-state index in [-0.39, 0.29) is 18.2 Å². The van der Waals surface area contributed by atoms with Crippen molar-refractivity contribution in [2.45, 2.75) is 13.3 Å². The zero-order chi connectivity index (χ0) is 19.8. The number of carbonyl (C=O) groups excluding carboxylic acids is 2. The second kappa shape index (κ2) is 9.38. The van der Waals surface area contributed by atoms with Crippen LogP contribution < -0.4 is 20.1 Å². The van der Waals surface area contributed by atoms with Crippen molar-refractivity contribution in [3.05, 3.63) is 60.4 Å². The molecule has 0 atom stereocenters. The molecule has 0 spiro atoms. The summed E-state index contributed by atoms with van der Waals surface area (Å²) in [6.07, 6.45) is 2.45. The van der Waals surface area contributed by atoms with Gasteiger partial charge in [-0.3, -0.25) is 9.59 Å². The Labute approximate surface area is 157 Å². The first kappa shape index (κ1) is 20.0. The van der Waals surface area contributed by atoms with Gasteiger partial charge in [-0.2, -0.15) is 0 Å². The second-order valence-corrected chi connectivity index (χ2v) is 5.69. The molecule has 6 nitrogen and oxygen atoms in total. The molecule has 2 rings (SSSR count). The molecule has 0 aliphatic rings. The molecule has 0 saturated carbocycles. The number of carbonyl (C=O) groups is 2. The van der Waals surface area contributed by atoms with Crippen LogP contribution >= 0.6 is 0 Å². The van der Waals surface area contributed by atoms with Crippen LogP contribution in [0.5, 0.6) is 11.5 Å². The zero-order valence-corrected chi connectivity index (χ0v) is 15.2. The first-order valence-corrected chi connectivity index (χ1v) is 8.20. The molecule has 0 saturated heterocycles. The molecule has 0 unspecified atom stereocenters. The zero-order valence-electron chi connectivity index (χ0n) is 15.2. The number of rotatable bonds is 8. The molecular formula is C20H21FN2O4. The van der Waals surface area contributed by atoms with Crippen LogP contribution in [0.1, 0.15) is 12.5 Å². The molecule has 2 N–H and O–H groups in total. The molecule has 2 amide bonds. The minimum Gasteiger partial charge on any atom is -0.493 e. The number of halogens is 1. The summed E-state index contributed by atoms with van der Waals surface area (Å²) < 4.78 is 24.6. The van der Waals surface area contributed by atoms with E-state index in [1.165, 1.54) is 26.2 Å². The Hall–Kier alpha value is -3.35. The molecule has 7 heteroatoms. The maximum absolute atomic E-state index is 13.9. The highest BCUT2D eigenvalue weighted by atomic mass is 19.1. The van der Waals surface area contributed by atoms with Crippen molar-refractivity contribution >= 4 is 23.2 Å². The number of allylic oxidation sites excluding steroid dienone is 1. The number of hydrogen-bond acceptors (Lipinski definition) is 4. The van der Waals surface area contributed by atoms with E-state index < -0.39 is 11.7 Å². The highest BCUT2D eigenvalue weighted by Crippen LogP contribution is 2.28. The maximum atomic E-state index is 13.9. The monoisotopic (exact) mass is 372 g/mol. The fourth-order valence-electron chi connectivity index (χ4n) is 2.36. The van der Waals surface area contributed by atoms with Crippen molar-refractivity contribution in [2.24, 2.45) is 0 Å². The van der Waals surface area contributed by atoms with Crippen molar-refractivity contribution in [3.8, 4) is 11.5 Å². The van der Waals surface area contributed by atoms with Crippen LogP contribution in [0, 0.1) is 5.82 Å². The van der Waals surface area contributed by atoms with Gasteiger partial charge in [-0.25, -0.2) is 4.39 Å². The topological polar surface area (TPSA) is 76.7 Å². The van der Waals surface area contributed by atoms with Gasteiger partial charge in [-0.15, -0.1) is 6.58 Å². The molecule has 2 aromatic carbocycles. The van der Waals surface area contributed by atoms with Crippen molar-refractivity contribution in [2.75, 3.05) is 24.4 Å². The van der Waals surface area contributed by atoms with Crippen molar-refractivity contribution in [1.29, 1.82) is 0 Å². The number of benzene rings is 2. The van der Waals surface area contributed by atoms with Gasteiger partial charge in [0, 0.05) is 12.6 Å². The van der Waals surface area contributed by atoms with Crippen LogP contribution in [0.2, 0.25) is 0 Å². The number of nitrogens with one attached hydrogen (secondary N) is 2. The highest BCUT2D eigenvalue weighted by Gasteiger charge is 2.11. The lowest BCUT2D eigenvalue weighted by molar-refractivity contribution is -0.118. The molecule has 0 radical (unpaired) electrons. The molecule has 27 heavy (non-hydrogen) atoms. The van der Waals surface area contributed by atoms with E-state index in [1.54, 1.807) is 18.2 Å². The number of methoxy groups -OCH3 is 1. The summed E-state index contributed by atoms with van der Waals surface area (Å²) in [4.78, 5) is 23.2. The van der Waals surface area contributed by atoms with Gasteiger partial charge in [-0.05, 0) is 42.3 Å². The van der Waals surface area contributed by atoms with E-state index in [0.29, 0.717) is 23.6 Å². The van der Waals surface area contributed by atoms with Crippen molar-refractivity contribution in [3.63, 3.8) is 0 Å². The third kappa shape index (κ3) is 5.85. The Morgan fingerprint density at radius 1 is 1.15 bits per heavy atom. The van der Waals surface area contributed by atoms with Crippen LogP contribution in [0.4, 0.5) is 15.8 Å². The maximum Gasteiger partial charge on any atom is 0.262 e. The van der Waals surface area contributed by atoms with Gasteiger partial charge >= 0.3 is 0 Å². The van der Waals surface area contributed by atoms with Gasteiger partial charge in [0.25, 0.3) is 5.91 Å². The average Bonchev–Trinajstić information content (AvgIpc) is 2.63. The first-order valence-electron chi connectivity index (χ1n) is 8.20. The Kier molecular flexibility index (Phi) is 6.93. The van der Waals surface area contributed by atoms with E-state index in [1.807, 2.05) is 6.07 Å². The average molecular weight is 372 g/mol. The second-order valence-electron chi connectivity index (χ2n) is 5.69. The van der Waals surface area contributed by atoms with E-state index in [0.717, 1.165) is 11.6 Å². The lowest BCUT2D eigenvalue weighted by Crippen LogP contribution is -2.21. The smallest absolute Gasteiger partial charge is 0.262 e. The van der Waals surface area contributed by atoms with E-state index in [9.17, 15) is 14.0 Å². The van der Waals surface area contributed by atoms with Gasteiger partial charge in [0.2, 0.25) is 5.91 Å². The fraction of sp³-hybridized carbons (Fsp3) is 0.200. The van der Waals surface area contributed by atoms with Gasteiger partial charge in [0.1, 0.15) is 5.82 Å². The standard InChI is InChI=1S/C20H21FN2O4/c1-4-5-14-6-9-18(19(10-14)26-3)27-12-20(25)23-17-11-15(22-13(2)24)7-8-16(17)21/h4,6-11H,1,5,12H2,2-3H3,(H,22,24)(H,23,25). The third-order valence-corrected chi connectivity index (χ3v) is 3.53. The minimum atomic E-state index is -0.621. The molecule has 0 fully saturated rings. The van der Waals surface area contributed by atoms with Crippen LogP contribution in [0.3, 0.4) is 0 Å². The van der Waals surface area contributed by atoms with Crippen LogP contribution in [0.15, 0.2) is 49.1 Å².